The van der Waals surface area contributed by atoms with E-state index in [2.05, 4.69) is 15.8 Å². The molecule has 160 valence electrons. The van der Waals surface area contributed by atoms with E-state index < -0.39 is 5.41 Å². The topological polar surface area (TPSA) is 87.5 Å². The van der Waals surface area contributed by atoms with Crippen LogP contribution in [0, 0.1) is 5.82 Å². The number of hydrogen-bond donors (Lipinski definition) is 2. The zero-order chi connectivity index (χ0) is 22.0. The number of anilines is 1. The molecule has 1 aliphatic rings. The normalized spacial score (nSPS) is 14.5. The van der Waals surface area contributed by atoms with Gasteiger partial charge < -0.3 is 9.84 Å². The molecule has 7 nitrogen and oxygen atoms in total. The molecule has 0 aliphatic carbocycles. The summed E-state index contributed by atoms with van der Waals surface area (Å²) in [6.07, 6.45) is 0. The second kappa shape index (κ2) is 8.31. The van der Waals surface area contributed by atoms with Gasteiger partial charge in [0.2, 0.25) is 17.7 Å². The van der Waals surface area contributed by atoms with E-state index in [9.17, 15) is 14.0 Å². The predicted molar refractivity (Wildman–Crippen MR) is 114 cm³/mol. The van der Waals surface area contributed by atoms with Crippen molar-refractivity contribution in [3.8, 4) is 11.1 Å². The van der Waals surface area contributed by atoms with Crippen molar-refractivity contribution < 1.29 is 18.5 Å². The van der Waals surface area contributed by atoms with Gasteiger partial charge in [-0.1, -0.05) is 61.5 Å². The molecule has 3 aromatic rings. The maximum absolute atomic E-state index is 14.8. The van der Waals surface area contributed by atoms with Crippen LogP contribution in [0.1, 0.15) is 25.1 Å². The molecule has 0 atom stereocenters. The van der Waals surface area contributed by atoms with Crippen molar-refractivity contribution in [2.75, 3.05) is 25.1 Å². The Bertz CT molecular complexity index is 1110. The molecule has 2 amide bonds. The number of benzene rings is 2. The molecular formula is C23H23FN4O3. The first-order valence-corrected chi connectivity index (χ1v) is 9.94. The minimum atomic E-state index is -0.645. The molecule has 2 heterocycles. The lowest BCUT2D eigenvalue weighted by Gasteiger charge is -2.23. The molecule has 0 spiro atoms. The molecule has 1 aromatic heterocycles. The second-order valence-corrected chi connectivity index (χ2v) is 8.06. The number of hydrogen-bond acceptors (Lipinski definition) is 5. The molecule has 2 N–H and O–H groups in total. The first-order chi connectivity index (χ1) is 14.8. The van der Waals surface area contributed by atoms with Crippen molar-refractivity contribution in [2.24, 2.45) is 0 Å². The van der Waals surface area contributed by atoms with Crippen molar-refractivity contribution in [2.45, 2.75) is 19.3 Å². The lowest BCUT2D eigenvalue weighted by Crippen LogP contribution is -2.32. The van der Waals surface area contributed by atoms with Gasteiger partial charge in [-0.25, -0.2) is 4.39 Å². The minimum Gasteiger partial charge on any atom is -0.342 e. The average Bonchev–Trinajstić information content (AvgIpc) is 3.37. The van der Waals surface area contributed by atoms with Crippen molar-refractivity contribution in [3.63, 3.8) is 0 Å². The Morgan fingerprint density at radius 2 is 2.00 bits per heavy atom. The fourth-order valence-corrected chi connectivity index (χ4v) is 3.54. The first kappa shape index (κ1) is 20.7. The second-order valence-electron chi connectivity index (χ2n) is 8.06. The van der Waals surface area contributed by atoms with Gasteiger partial charge >= 0.3 is 0 Å². The summed E-state index contributed by atoms with van der Waals surface area (Å²) in [6.45, 7) is 4.41. The maximum atomic E-state index is 14.8. The van der Waals surface area contributed by atoms with Crippen LogP contribution in [0.25, 0.3) is 11.1 Å². The molecule has 1 aliphatic heterocycles. The van der Waals surface area contributed by atoms with Crippen molar-refractivity contribution in [1.29, 1.82) is 0 Å². The number of carbonyl (C=O) groups is 2. The Balaban J connectivity index is 1.48. The summed E-state index contributed by atoms with van der Waals surface area (Å²) in [5.41, 5.74) is 1.99. The zero-order valence-electron chi connectivity index (χ0n) is 17.3. The molecule has 2 aromatic carbocycles. The van der Waals surface area contributed by atoms with E-state index >= 15 is 0 Å². The van der Waals surface area contributed by atoms with Gasteiger partial charge in [0.15, 0.2) is 0 Å². The number of rotatable bonds is 6. The molecule has 0 unspecified atom stereocenters. The van der Waals surface area contributed by atoms with Gasteiger partial charge in [-0.3, -0.25) is 19.8 Å². The van der Waals surface area contributed by atoms with E-state index in [-0.39, 0.29) is 36.6 Å². The van der Waals surface area contributed by atoms with Crippen LogP contribution in [0.5, 0.6) is 0 Å². The molecule has 0 bridgehead atoms. The van der Waals surface area contributed by atoms with E-state index in [1.807, 2.05) is 50.2 Å². The molecule has 8 heteroatoms. The minimum absolute atomic E-state index is 0.0598. The van der Waals surface area contributed by atoms with Crippen LogP contribution in [-0.2, 0) is 15.0 Å². The van der Waals surface area contributed by atoms with Crippen molar-refractivity contribution in [3.05, 3.63) is 71.7 Å². The van der Waals surface area contributed by atoms with Crippen LogP contribution in [0.4, 0.5) is 10.3 Å². The van der Waals surface area contributed by atoms with Gasteiger partial charge in [0, 0.05) is 17.0 Å². The third-order valence-corrected chi connectivity index (χ3v) is 5.42. The smallest absolute Gasteiger partial charge is 0.241 e. The Kier molecular flexibility index (Phi) is 5.56. The largest absolute Gasteiger partial charge is 0.342 e. The van der Waals surface area contributed by atoms with Gasteiger partial charge in [0.1, 0.15) is 5.82 Å². The van der Waals surface area contributed by atoms with E-state index in [0.29, 0.717) is 17.9 Å². The predicted octanol–water partition coefficient (Wildman–Crippen LogP) is 3.13. The van der Waals surface area contributed by atoms with Gasteiger partial charge in [-0.05, 0) is 17.2 Å². The third kappa shape index (κ3) is 4.49. The number of nitrogens with zero attached hydrogens (tertiary/aromatic N) is 2. The van der Waals surface area contributed by atoms with Crippen LogP contribution in [0.15, 0.2) is 59.1 Å². The Morgan fingerprint density at radius 1 is 1.23 bits per heavy atom. The highest BCUT2D eigenvalue weighted by Crippen LogP contribution is 2.34. The number of nitrogens with one attached hydrogen (secondary N) is 2. The molecular weight excluding hydrogens is 399 g/mol. The summed E-state index contributed by atoms with van der Waals surface area (Å²) in [5.74, 6) is -0.534. The SMILES string of the molecule is CC(C)(c1ccc(-c2ccccc2)c(F)c1)c1cc(NC(=O)CN2CNC(=O)C2)on1. The van der Waals surface area contributed by atoms with E-state index in [0.717, 1.165) is 11.1 Å². The number of amides is 2. The highest BCUT2D eigenvalue weighted by molar-refractivity contribution is 5.91. The summed E-state index contributed by atoms with van der Waals surface area (Å²) in [6, 6.07) is 16.1. The monoisotopic (exact) mass is 422 g/mol. The average molecular weight is 422 g/mol. The first-order valence-electron chi connectivity index (χ1n) is 9.94. The van der Waals surface area contributed by atoms with E-state index in [4.69, 9.17) is 4.52 Å². The standard InChI is InChI=1S/C23H23FN4O3/c1-23(2,16-8-9-17(18(24)10-16)15-6-4-3-5-7-15)19-11-22(31-27-19)26-21(30)13-28-12-20(29)25-14-28/h3-11H,12-14H2,1-2H3,(H,25,29)(H,26,30). The van der Waals surface area contributed by atoms with Gasteiger partial charge in [0.25, 0.3) is 0 Å². The molecule has 1 fully saturated rings. The summed E-state index contributed by atoms with van der Waals surface area (Å²) < 4.78 is 20.1. The summed E-state index contributed by atoms with van der Waals surface area (Å²) in [7, 11) is 0. The van der Waals surface area contributed by atoms with Crippen LogP contribution in [-0.4, -0.2) is 41.6 Å². The van der Waals surface area contributed by atoms with Crippen molar-refractivity contribution in [1.82, 2.24) is 15.4 Å². The highest BCUT2D eigenvalue weighted by Gasteiger charge is 2.29. The number of halogens is 1. The van der Waals surface area contributed by atoms with Crippen LogP contribution in [0.3, 0.4) is 0 Å². The van der Waals surface area contributed by atoms with Crippen molar-refractivity contribution >= 4 is 17.7 Å². The van der Waals surface area contributed by atoms with Gasteiger partial charge in [-0.2, -0.15) is 0 Å². The Hall–Kier alpha value is -3.52. The molecule has 31 heavy (non-hydrogen) atoms. The Labute approximate surface area is 179 Å². The summed E-state index contributed by atoms with van der Waals surface area (Å²) >= 11 is 0. The molecule has 0 saturated carbocycles. The van der Waals surface area contributed by atoms with E-state index in [1.165, 1.54) is 6.07 Å². The van der Waals surface area contributed by atoms with Crippen LogP contribution >= 0.6 is 0 Å². The quantitative estimate of drug-likeness (QED) is 0.637. The molecule has 4 rings (SSSR count). The van der Waals surface area contributed by atoms with Crippen LogP contribution in [0.2, 0.25) is 0 Å². The number of carbonyl (C=O) groups excluding carboxylic acids is 2. The molecule has 1 saturated heterocycles. The summed E-state index contributed by atoms with van der Waals surface area (Å²) in [4.78, 5) is 25.1. The molecule has 0 radical (unpaired) electrons. The van der Waals surface area contributed by atoms with Crippen LogP contribution < -0.4 is 10.6 Å². The fraction of sp³-hybridized carbons (Fsp3) is 0.261. The van der Waals surface area contributed by atoms with Gasteiger partial charge in [-0.15, -0.1) is 0 Å². The lowest BCUT2D eigenvalue weighted by atomic mass is 9.81. The fourth-order valence-electron chi connectivity index (χ4n) is 3.54. The van der Waals surface area contributed by atoms with E-state index in [1.54, 1.807) is 17.0 Å². The van der Waals surface area contributed by atoms with Gasteiger partial charge in [0.05, 0.1) is 25.5 Å². The lowest BCUT2D eigenvalue weighted by molar-refractivity contribution is -0.119. The highest BCUT2D eigenvalue weighted by atomic mass is 19.1. The summed E-state index contributed by atoms with van der Waals surface area (Å²) in [5, 5.41) is 9.37. The zero-order valence-corrected chi connectivity index (χ0v) is 17.3. The maximum Gasteiger partial charge on any atom is 0.241 e. The Morgan fingerprint density at radius 3 is 2.68 bits per heavy atom. The number of aromatic nitrogens is 1. The third-order valence-electron chi connectivity index (χ3n) is 5.42.